The number of allylic oxidation sites excluding steroid dienone is 2. The number of hydrogen-bond acceptors (Lipinski definition) is 5. The number of halogens is 2. The quantitative estimate of drug-likeness (QED) is 0.313. The van der Waals surface area contributed by atoms with Gasteiger partial charge in [-0.1, -0.05) is 38.5 Å². The molecule has 2 atom stereocenters. The van der Waals surface area contributed by atoms with E-state index in [1.54, 1.807) is 19.9 Å². The van der Waals surface area contributed by atoms with Crippen LogP contribution < -0.4 is 0 Å². The van der Waals surface area contributed by atoms with Gasteiger partial charge in [-0.3, -0.25) is 14.5 Å². The third-order valence-electron chi connectivity index (χ3n) is 6.91. The Labute approximate surface area is 205 Å². The van der Waals surface area contributed by atoms with Crippen molar-refractivity contribution in [2.45, 2.75) is 70.9 Å². The topological polar surface area (TPSA) is 76.2 Å². The molecule has 2 fully saturated rings. The number of nitrogens with zero attached hydrogens (tertiary/aromatic N) is 2. The molecule has 1 aliphatic heterocycles. The van der Waals surface area contributed by atoms with E-state index in [0.717, 1.165) is 56.7 Å². The predicted octanol–water partition coefficient (Wildman–Crippen LogP) is 5.11. The molecule has 0 N–H and O–H groups in total. The van der Waals surface area contributed by atoms with Crippen molar-refractivity contribution >= 4 is 18.0 Å². The minimum absolute atomic E-state index is 0.0706. The zero-order chi connectivity index (χ0) is 25.5. The van der Waals surface area contributed by atoms with E-state index in [2.05, 4.69) is 0 Å². The van der Waals surface area contributed by atoms with E-state index in [1.165, 1.54) is 16.9 Å². The molecular formula is C26H34F2N2O5. The highest BCUT2D eigenvalue weighted by Gasteiger charge is 2.45. The summed E-state index contributed by atoms with van der Waals surface area (Å²) in [5.74, 6) is -2.13. The molecule has 0 radical (unpaired) electrons. The smallest absolute Gasteiger partial charge is 0.415 e. The van der Waals surface area contributed by atoms with Crippen molar-refractivity contribution in [3.05, 3.63) is 47.2 Å². The lowest BCUT2D eigenvalue weighted by molar-refractivity contribution is -0.155. The van der Waals surface area contributed by atoms with Gasteiger partial charge in [-0.05, 0) is 50.0 Å². The molecule has 1 saturated carbocycles. The highest BCUT2D eigenvalue weighted by molar-refractivity contribution is 5.90. The van der Waals surface area contributed by atoms with Gasteiger partial charge in [0.2, 0.25) is 5.91 Å². The third kappa shape index (κ3) is 6.80. The largest absolute Gasteiger partial charge is 0.468 e. The van der Waals surface area contributed by atoms with Gasteiger partial charge in [0, 0.05) is 12.6 Å². The maximum absolute atomic E-state index is 14.1. The fraction of sp³-hybridized carbons (Fsp3) is 0.577. The van der Waals surface area contributed by atoms with Gasteiger partial charge in [0.1, 0.15) is 30.0 Å². The number of amides is 2. The van der Waals surface area contributed by atoms with Crippen LogP contribution in [-0.2, 0) is 19.1 Å². The van der Waals surface area contributed by atoms with E-state index < -0.39 is 48.2 Å². The van der Waals surface area contributed by atoms with Crippen LogP contribution in [0.4, 0.5) is 13.6 Å². The summed E-state index contributed by atoms with van der Waals surface area (Å²) in [6.45, 7) is 2.89. The molecule has 0 aromatic heterocycles. The minimum Gasteiger partial charge on any atom is -0.468 e. The second-order valence-corrected chi connectivity index (χ2v) is 9.29. The molecule has 3 rings (SSSR count). The first-order chi connectivity index (χ1) is 16.7. The number of carbonyl (C=O) groups excluding carboxylic acids is 3. The first-order valence-electron chi connectivity index (χ1n) is 12.2. The van der Waals surface area contributed by atoms with Gasteiger partial charge in [0.15, 0.2) is 0 Å². The van der Waals surface area contributed by atoms with E-state index in [4.69, 9.17) is 9.47 Å². The Bertz CT molecular complexity index is 939. The lowest BCUT2D eigenvalue weighted by Gasteiger charge is -2.45. The zero-order valence-electron chi connectivity index (χ0n) is 20.6. The van der Waals surface area contributed by atoms with Crippen molar-refractivity contribution in [3.8, 4) is 0 Å². The molecule has 1 heterocycles. The highest BCUT2D eigenvalue weighted by atomic mass is 19.1. The summed E-state index contributed by atoms with van der Waals surface area (Å²) in [6, 6.07) is 1.15. The molecule has 0 spiro atoms. The Morgan fingerprint density at radius 1 is 1.09 bits per heavy atom. The van der Waals surface area contributed by atoms with E-state index in [1.807, 2.05) is 0 Å². The van der Waals surface area contributed by atoms with Gasteiger partial charge in [-0.15, -0.1) is 0 Å². The molecule has 2 amide bonds. The highest BCUT2D eigenvalue weighted by Crippen LogP contribution is 2.35. The zero-order valence-corrected chi connectivity index (χ0v) is 20.6. The Balaban J connectivity index is 2.00. The summed E-state index contributed by atoms with van der Waals surface area (Å²) >= 11 is 0. The minimum atomic E-state index is -0.948. The van der Waals surface area contributed by atoms with Crippen LogP contribution in [-0.4, -0.2) is 54.0 Å². The SMILES string of the molecule is C/C=C(\C)OC(=O)N1CC(c2cc(F)cc(F)c2)N(CC(=O)OC)C(=O)[C@@H]1CC1CCCCCC1. The average molecular weight is 493 g/mol. The Morgan fingerprint density at radius 2 is 1.71 bits per heavy atom. The van der Waals surface area contributed by atoms with E-state index in [9.17, 15) is 23.2 Å². The molecule has 1 aromatic carbocycles. The number of methoxy groups -OCH3 is 1. The monoisotopic (exact) mass is 492 g/mol. The van der Waals surface area contributed by atoms with Crippen LogP contribution >= 0.6 is 0 Å². The molecule has 2 aliphatic rings. The normalized spacial score (nSPS) is 22.1. The van der Waals surface area contributed by atoms with E-state index in [-0.39, 0.29) is 18.0 Å². The molecule has 9 heteroatoms. The van der Waals surface area contributed by atoms with Crippen molar-refractivity contribution < 1.29 is 32.6 Å². The number of esters is 1. The van der Waals surface area contributed by atoms with Gasteiger partial charge < -0.3 is 14.4 Å². The Morgan fingerprint density at radius 3 is 2.29 bits per heavy atom. The molecule has 1 saturated heterocycles. The standard InChI is InChI=1S/C26H34F2N2O5/c1-4-17(2)35-26(33)30-15-23(19-12-20(27)14-21(28)13-19)29(16-24(31)34-3)25(32)22(30)11-18-9-7-5-6-8-10-18/h4,12-14,18,22-23H,5-11,15-16H2,1-3H3/b17-4+/t22-,23?/m0/s1. The second-order valence-electron chi connectivity index (χ2n) is 9.29. The van der Waals surface area contributed by atoms with Crippen molar-refractivity contribution in [2.24, 2.45) is 5.92 Å². The van der Waals surface area contributed by atoms with Gasteiger partial charge in [0.25, 0.3) is 0 Å². The molecule has 35 heavy (non-hydrogen) atoms. The van der Waals surface area contributed by atoms with Gasteiger partial charge >= 0.3 is 12.1 Å². The van der Waals surface area contributed by atoms with Gasteiger partial charge in [0.05, 0.1) is 13.2 Å². The number of hydrogen-bond donors (Lipinski definition) is 0. The lowest BCUT2D eigenvalue weighted by Crippen LogP contribution is -2.61. The number of rotatable bonds is 6. The molecule has 1 aliphatic carbocycles. The van der Waals surface area contributed by atoms with Crippen molar-refractivity contribution in [1.29, 1.82) is 0 Å². The molecule has 0 bridgehead atoms. The van der Waals surface area contributed by atoms with Crippen LogP contribution in [0, 0.1) is 17.6 Å². The molecular weight excluding hydrogens is 458 g/mol. The first kappa shape index (κ1) is 26.6. The summed E-state index contributed by atoms with van der Waals surface area (Å²) in [5.41, 5.74) is 0.147. The van der Waals surface area contributed by atoms with E-state index >= 15 is 0 Å². The summed E-state index contributed by atoms with van der Waals surface area (Å²) < 4.78 is 38.4. The maximum atomic E-state index is 14.1. The van der Waals surface area contributed by atoms with Gasteiger partial charge in [-0.2, -0.15) is 0 Å². The van der Waals surface area contributed by atoms with Crippen molar-refractivity contribution in [3.63, 3.8) is 0 Å². The van der Waals surface area contributed by atoms with Crippen molar-refractivity contribution in [2.75, 3.05) is 20.2 Å². The predicted molar refractivity (Wildman–Crippen MR) is 125 cm³/mol. The third-order valence-corrected chi connectivity index (χ3v) is 6.91. The van der Waals surface area contributed by atoms with Crippen LogP contribution in [0.15, 0.2) is 30.0 Å². The number of piperazine rings is 1. The van der Waals surface area contributed by atoms with Crippen LogP contribution in [0.1, 0.15) is 70.4 Å². The van der Waals surface area contributed by atoms with Crippen LogP contribution in [0.5, 0.6) is 0 Å². The van der Waals surface area contributed by atoms with Crippen LogP contribution in [0.2, 0.25) is 0 Å². The first-order valence-corrected chi connectivity index (χ1v) is 12.2. The lowest BCUT2D eigenvalue weighted by atomic mass is 9.88. The number of ether oxygens (including phenoxy) is 2. The van der Waals surface area contributed by atoms with Gasteiger partial charge in [-0.25, -0.2) is 13.6 Å². The molecule has 192 valence electrons. The van der Waals surface area contributed by atoms with Crippen LogP contribution in [0.3, 0.4) is 0 Å². The van der Waals surface area contributed by atoms with E-state index in [0.29, 0.717) is 12.2 Å². The molecule has 1 unspecified atom stereocenters. The molecule has 1 aromatic rings. The Hall–Kier alpha value is -2.97. The summed E-state index contributed by atoms with van der Waals surface area (Å²) in [5, 5.41) is 0. The van der Waals surface area contributed by atoms with Crippen molar-refractivity contribution in [1.82, 2.24) is 9.80 Å². The Kier molecular flexibility index (Phi) is 9.23. The summed E-state index contributed by atoms with van der Waals surface area (Å²) in [6.07, 6.45) is 7.68. The fourth-order valence-corrected chi connectivity index (χ4v) is 4.94. The average Bonchev–Trinajstić information content (AvgIpc) is 3.09. The number of benzene rings is 1. The number of carbonyl (C=O) groups is 3. The second kappa shape index (κ2) is 12.1. The fourth-order valence-electron chi connectivity index (χ4n) is 4.94. The molecule has 7 nitrogen and oxygen atoms in total. The maximum Gasteiger partial charge on any atom is 0.415 e. The van der Waals surface area contributed by atoms with Crippen LogP contribution in [0.25, 0.3) is 0 Å². The summed E-state index contributed by atoms with van der Waals surface area (Å²) in [7, 11) is 1.21. The summed E-state index contributed by atoms with van der Waals surface area (Å²) in [4.78, 5) is 41.8.